The maximum absolute atomic E-state index is 12.7. The molecule has 0 saturated carbocycles. The van der Waals surface area contributed by atoms with Crippen molar-refractivity contribution in [1.82, 2.24) is 0 Å². The Morgan fingerprint density at radius 1 is 1.23 bits per heavy atom. The largest absolute Gasteiger partial charge is 0.493 e. The number of amides is 1. The van der Waals surface area contributed by atoms with Gasteiger partial charge in [0, 0.05) is 16.6 Å². The summed E-state index contributed by atoms with van der Waals surface area (Å²) >= 11 is 1.46. The number of nitrogens with zero attached hydrogens (tertiary/aromatic N) is 1. The first kappa shape index (κ1) is 21.8. The minimum atomic E-state index is -2.99. The van der Waals surface area contributed by atoms with Gasteiger partial charge in [-0.3, -0.25) is 4.79 Å². The molecule has 6 nitrogen and oxygen atoms in total. The lowest BCUT2D eigenvalue weighted by Crippen LogP contribution is -2.31. The van der Waals surface area contributed by atoms with E-state index in [1.807, 2.05) is 0 Å². The quantitative estimate of drug-likeness (QED) is 0.602. The second kappa shape index (κ2) is 9.76. The number of carbonyl (C=O) groups is 1. The molecular formula is C21H23F2N3O3S. The minimum absolute atomic E-state index is 0.126. The number of aryl methyl sites for hydroxylation is 1. The minimum Gasteiger partial charge on any atom is -0.493 e. The van der Waals surface area contributed by atoms with Crippen LogP contribution in [-0.4, -0.2) is 25.7 Å². The molecule has 3 rings (SSSR count). The van der Waals surface area contributed by atoms with Crippen LogP contribution in [0.4, 0.5) is 19.5 Å². The molecule has 1 aromatic carbocycles. The van der Waals surface area contributed by atoms with E-state index in [0.717, 1.165) is 37.7 Å². The van der Waals surface area contributed by atoms with Crippen molar-refractivity contribution in [3.05, 3.63) is 34.2 Å². The molecule has 2 aromatic rings. The fraction of sp³-hybridized carbons (Fsp3) is 0.429. The summed E-state index contributed by atoms with van der Waals surface area (Å²) in [6, 6.07) is 6.00. The van der Waals surface area contributed by atoms with E-state index in [9.17, 15) is 18.8 Å². The number of anilines is 2. The zero-order chi connectivity index (χ0) is 21.7. The van der Waals surface area contributed by atoms with Crippen molar-refractivity contribution in [2.45, 2.75) is 51.7 Å². The lowest BCUT2D eigenvalue weighted by Gasteiger charge is -2.17. The van der Waals surface area contributed by atoms with Crippen LogP contribution in [0.15, 0.2) is 18.2 Å². The highest BCUT2D eigenvalue weighted by atomic mass is 32.1. The van der Waals surface area contributed by atoms with Crippen LogP contribution in [0.25, 0.3) is 0 Å². The van der Waals surface area contributed by atoms with Crippen molar-refractivity contribution in [2.24, 2.45) is 0 Å². The Hall–Kier alpha value is -2.86. The first-order valence-corrected chi connectivity index (χ1v) is 10.5. The molecule has 9 heteroatoms. The number of benzene rings is 1. The van der Waals surface area contributed by atoms with Gasteiger partial charge in [-0.05, 0) is 50.3 Å². The Morgan fingerprint density at radius 2 is 2.00 bits per heavy atom. The van der Waals surface area contributed by atoms with Crippen molar-refractivity contribution in [1.29, 1.82) is 5.26 Å². The molecule has 0 bridgehead atoms. The number of nitriles is 1. The summed E-state index contributed by atoms with van der Waals surface area (Å²) in [5.74, 6) is -0.286. The number of ether oxygens (including phenoxy) is 2. The number of nitrogens with one attached hydrogen (secondary N) is 2. The van der Waals surface area contributed by atoms with Gasteiger partial charge in [-0.1, -0.05) is 6.42 Å². The summed E-state index contributed by atoms with van der Waals surface area (Å²) in [6.45, 7) is -1.34. The van der Waals surface area contributed by atoms with Crippen LogP contribution >= 0.6 is 11.3 Å². The zero-order valence-electron chi connectivity index (χ0n) is 16.8. The first-order chi connectivity index (χ1) is 14.4. The third kappa shape index (κ3) is 5.00. The molecule has 0 radical (unpaired) electrons. The molecule has 160 valence electrons. The Morgan fingerprint density at radius 3 is 2.70 bits per heavy atom. The molecule has 2 N–H and O–H groups in total. The predicted octanol–water partition coefficient (Wildman–Crippen LogP) is 4.94. The number of carbonyl (C=O) groups excluding carboxylic acids is 1. The van der Waals surface area contributed by atoms with Crippen LogP contribution in [0.3, 0.4) is 0 Å². The van der Waals surface area contributed by atoms with Gasteiger partial charge >= 0.3 is 6.61 Å². The Labute approximate surface area is 177 Å². The molecule has 1 atom stereocenters. The van der Waals surface area contributed by atoms with Crippen LogP contribution in [0.2, 0.25) is 0 Å². The summed E-state index contributed by atoms with van der Waals surface area (Å²) in [5.41, 5.74) is 2.03. The molecule has 0 spiro atoms. The average molecular weight is 435 g/mol. The number of alkyl halides is 2. The van der Waals surface area contributed by atoms with Crippen LogP contribution in [-0.2, 0) is 17.6 Å². The van der Waals surface area contributed by atoms with E-state index in [2.05, 4.69) is 21.4 Å². The van der Waals surface area contributed by atoms with E-state index in [4.69, 9.17) is 4.74 Å². The molecule has 1 aliphatic carbocycles. The molecule has 1 amide bonds. The summed E-state index contributed by atoms with van der Waals surface area (Å²) in [6.07, 6.45) is 5.07. The number of methoxy groups -OCH3 is 1. The third-order valence-electron chi connectivity index (χ3n) is 4.93. The van der Waals surface area contributed by atoms with Crippen molar-refractivity contribution in [2.75, 3.05) is 17.7 Å². The maximum atomic E-state index is 12.7. The van der Waals surface area contributed by atoms with E-state index in [1.54, 1.807) is 13.0 Å². The average Bonchev–Trinajstić information content (AvgIpc) is 2.86. The van der Waals surface area contributed by atoms with Crippen molar-refractivity contribution in [3.8, 4) is 17.6 Å². The van der Waals surface area contributed by atoms with Crippen molar-refractivity contribution < 1.29 is 23.0 Å². The summed E-state index contributed by atoms with van der Waals surface area (Å²) in [4.78, 5) is 13.9. The highest BCUT2D eigenvalue weighted by Gasteiger charge is 2.23. The highest BCUT2D eigenvalue weighted by molar-refractivity contribution is 7.16. The molecule has 30 heavy (non-hydrogen) atoms. The molecule has 1 heterocycles. The van der Waals surface area contributed by atoms with E-state index in [0.29, 0.717) is 16.3 Å². The van der Waals surface area contributed by atoms with Gasteiger partial charge < -0.3 is 20.1 Å². The standard InChI is InChI=1S/C21H23F2N3O3S/c1-12(25-13-8-9-16(28-2)17(10-13)29-21(22)23)19(27)26-20-15(11-24)14-6-4-3-5-7-18(14)30-20/h8-10,12,21,25H,3-7H2,1-2H3,(H,26,27)/t12-/m1/s1. The van der Waals surface area contributed by atoms with Crippen LogP contribution in [0, 0.1) is 11.3 Å². The molecule has 1 aromatic heterocycles. The molecule has 0 unspecified atom stereocenters. The summed E-state index contributed by atoms with van der Waals surface area (Å²) in [5, 5.41) is 16.0. The zero-order valence-corrected chi connectivity index (χ0v) is 17.6. The van der Waals surface area contributed by atoms with Gasteiger partial charge in [0.1, 0.15) is 17.1 Å². The number of hydrogen-bond acceptors (Lipinski definition) is 6. The monoisotopic (exact) mass is 435 g/mol. The summed E-state index contributed by atoms with van der Waals surface area (Å²) < 4.78 is 34.7. The molecule has 0 aliphatic heterocycles. The number of thiophene rings is 1. The Balaban J connectivity index is 1.72. The van der Waals surface area contributed by atoms with Gasteiger partial charge in [0.2, 0.25) is 5.91 Å². The lowest BCUT2D eigenvalue weighted by atomic mass is 10.1. The van der Waals surface area contributed by atoms with Crippen molar-refractivity contribution >= 4 is 27.9 Å². The first-order valence-electron chi connectivity index (χ1n) is 9.67. The van der Waals surface area contributed by atoms with Gasteiger partial charge in [-0.15, -0.1) is 11.3 Å². The van der Waals surface area contributed by atoms with Crippen LogP contribution in [0.1, 0.15) is 42.2 Å². The summed E-state index contributed by atoms with van der Waals surface area (Å²) in [7, 11) is 1.35. The third-order valence-corrected chi connectivity index (χ3v) is 6.13. The van der Waals surface area contributed by atoms with Gasteiger partial charge in [0.15, 0.2) is 11.5 Å². The van der Waals surface area contributed by atoms with Gasteiger partial charge in [-0.2, -0.15) is 14.0 Å². The van der Waals surface area contributed by atoms with Gasteiger partial charge in [-0.25, -0.2) is 0 Å². The number of halogens is 2. The van der Waals surface area contributed by atoms with Crippen LogP contribution < -0.4 is 20.1 Å². The molecule has 0 fully saturated rings. The highest BCUT2D eigenvalue weighted by Crippen LogP contribution is 2.37. The fourth-order valence-corrected chi connectivity index (χ4v) is 4.68. The van der Waals surface area contributed by atoms with E-state index in [-0.39, 0.29) is 17.4 Å². The van der Waals surface area contributed by atoms with E-state index in [1.165, 1.54) is 35.5 Å². The predicted molar refractivity (Wildman–Crippen MR) is 112 cm³/mol. The number of rotatable bonds is 7. The number of hydrogen-bond donors (Lipinski definition) is 2. The molecule has 1 aliphatic rings. The molecular weight excluding hydrogens is 412 g/mol. The van der Waals surface area contributed by atoms with Gasteiger partial charge in [0.25, 0.3) is 0 Å². The van der Waals surface area contributed by atoms with E-state index < -0.39 is 12.7 Å². The molecule has 0 saturated heterocycles. The fourth-order valence-electron chi connectivity index (χ4n) is 3.44. The second-order valence-corrected chi connectivity index (χ2v) is 8.08. The second-order valence-electron chi connectivity index (χ2n) is 6.98. The topological polar surface area (TPSA) is 83.4 Å². The van der Waals surface area contributed by atoms with Gasteiger partial charge in [0.05, 0.1) is 12.7 Å². The maximum Gasteiger partial charge on any atom is 0.387 e. The Bertz CT molecular complexity index is 956. The Kier molecular flexibility index (Phi) is 7.11. The van der Waals surface area contributed by atoms with Crippen molar-refractivity contribution in [3.63, 3.8) is 0 Å². The number of fused-ring (bicyclic) bond motifs is 1. The van der Waals surface area contributed by atoms with E-state index >= 15 is 0 Å². The smallest absolute Gasteiger partial charge is 0.387 e. The normalized spacial score (nSPS) is 14.3. The van der Waals surface area contributed by atoms with Crippen LogP contribution in [0.5, 0.6) is 11.5 Å². The lowest BCUT2D eigenvalue weighted by molar-refractivity contribution is -0.116. The SMILES string of the molecule is COc1ccc(N[C@H](C)C(=O)Nc2sc3c(c2C#N)CCCCC3)cc1OC(F)F.